The minimum Gasteiger partial charge on any atom is -0.453 e. The third-order valence-corrected chi connectivity index (χ3v) is 6.44. The van der Waals surface area contributed by atoms with Crippen LogP contribution in [-0.2, 0) is 10.9 Å². The van der Waals surface area contributed by atoms with Crippen LogP contribution in [0.25, 0.3) is 22.2 Å². The molecule has 0 spiro atoms. The monoisotopic (exact) mass is 526 g/mol. The molecule has 12 heteroatoms. The van der Waals surface area contributed by atoms with Crippen molar-refractivity contribution in [3.63, 3.8) is 0 Å². The first-order valence-electron chi connectivity index (χ1n) is 10.3. The molecule has 1 aromatic carbocycles. The molecule has 1 aliphatic rings. The number of nitrogens with two attached hydrogens (primary N) is 1. The van der Waals surface area contributed by atoms with Crippen LogP contribution in [0.2, 0.25) is 0 Å². The highest BCUT2D eigenvalue weighted by Crippen LogP contribution is 2.41. The summed E-state index contributed by atoms with van der Waals surface area (Å²) in [7, 11) is 1.23. The van der Waals surface area contributed by atoms with Gasteiger partial charge in [-0.1, -0.05) is 6.07 Å². The van der Waals surface area contributed by atoms with Gasteiger partial charge in [-0.2, -0.15) is 13.2 Å². The lowest BCUT2D eigenvalue weighted by Crippen LogP contribution is -2.35. The van der Waals surface area contributed by atoms with E-state index in [1.807, 2.05) is 0 Å². The predicted molar refractivity (Wildman–Crippen MR) is 122 cm³/mol. The predicted octanol–water partition coefficient (Wildman–Crippen LogP) is 5.27. The molecule has 0 radical (unpaired) electrons. The van der Waals surface area contributed by atoms with Crippen LogP contribution < -0.4 is 16.4 Å². The number of anilines is 2. The molecule has 2 heterocycles. The molecular weight excluding hydrogens is 505 g/mol. The summed E-state index contributed by atoms with van der Waals surface area (Å²) in [6.45, 7) is 0. The Morgan fingerprint density at radius 2 is 2.12 bits per heavy atom. The average molecular weight is 527 g/mol. The summed E-state index contributed by atoms with van der Waals surface area (Å²) in [5.74, 6) is 0.120. The fraction of sp³-hybridized carbons (Fsp3) is 0.381. The van der Waals surface area contributed by atoms with Gasteiger partial charge in [0.1, 0.15) is 5.56 Å². The number of halogens is 4. The molecule has 1 fully saturated rings. The van der Waals surface area contributed by atoms with E-state index in [4.69, 9.17) is 5.73 Å². The average Bonchev–Trinajstić information content (AvgIpc) is 3.19. The lowest BCUT2D eigenvalue weighted by Gasteiger charge is -2.27. The molecule has 2 aromatic heterocycles. The van der Waals surface area contributed by atoms with Crippen molar-refractivity contribution >= 4 is 44.6 Å². The summed E-state index contributed by atoms with van der Waals surface area (Å²) in [6.07, 6.45) is 0.353. The van der Waals surface area contributed by atoms with Gasteiger partial charge >= 0.3 is 12.3 Å². The second-order valence-electron chi connectivity index (χ2n) is 7.89. The molecule has 5 N–H and O–H groups in total. The number of hydrogen-bond donors (Lipinski definition) is 4. The van der Waals surface area contributed by atoms with Crippen LogP contribution in [0.4, 0.5) is 29.6 Å². The maximum atomic E-state index is 13.8. The molecule has 176 valence electrons. The molecular formula is C21H22BrF3N6O2. The Balaban J connectivity index is 1.76. The fourth-order valence-electron chi connectivity index (χ4n) is 4.02. The van der Waals surface area contributed by atoms with Crippen LogP contribution in [0.1, 0.15) is 31.2 Å². The number of ether oxygens (including phenoxy) is 1. The summed E-state index contributed by atoms with van der Waals surface area (Å²) in [5.41, 5.74) is 5.99. The highest BCUT2D eigenvalue weighted by atomic mass is 79.9. The summed E-state index contributed by atoms with van der Waals surface area (Å²) >= 11 is 3.39. The second-order valence-corrected chi connectivity index (χ2v) is 8.68. The van der Waals surface area contributed by atoms with Crippen LogP contribution in [-0.4, -0.2) is 40.2 Å². The van der Waals surface area contributed by atoms with Gasteiger partial charge < -0.3 is 20.8 Å². The Bertz CT molecular complexity index is 1180. The number of alkyl halides is 3. The Morgan fingerprint density at radius 1 is 1.33 bits per heavy atom. The fourth-order valence-corrected chi connectivity index (χ4v) is 4.58. The van der Waals surface area contributed by atoms with E-state index in [2.05, 4.69) is 46.3 Å². The van der Waals surface area contributed by atoms with E-state index in [-0.39, 0.29) is 29.3 Å². The molecule has 2 atom stereocenters. The molecule has 1 amide bonds. The first-order chi connectivity index (χ1) is 15.7. The number of aromatic nitrogens is 3. The first-order valence-corrected chi connectivity index (χ1v) is 11.1. The molecule has 0 aliphatic heterocycles. The zero-order chi connectivity index (χ0) is 23.8. The number of carbonyl (C=O) groups is 1. The van der Waals surface area contributed by atoms with Gasteiger partial charge in [0.25, 0.3) is 0 Å². The van der Waals surface area contributed by atoms with Gasteiger partial charge in [-0.05, 0) is 47.7 Å². The van der Waals surface area contributed by atoms with Crippen molar-refractivity contribution in [1.82, 2.24) is 15.0 Å². The van der Waals surface area contributed by atoms with E-state index < -0.39 is 17.8 Å². The van der Waals surface area contributed by atoms with E-state index in [1.165, 1.54) is 13.3 Å². The highest BCUT2D eigenvalue weighted by molar-refractivity contribution is 9.10. The van der Waals surface area contributed by atoms with Crippen molar-refractivity contribution < 1.29 is 22.7 Å². The van der Waals surface area contributed by atoms with Crippen molar-refractivity contribution in [3.8, 4) is 11.3 Å². The molecule has 0 unspecified atom stereocenters. The Labute approximate surface area is 195 Å². The Hall–Kier alpha value is -2.86. The Morgan fingerprint density at radius 3 is 2.82 bits per heavy atom. The van der Waals surface area contributed by atoms with Crippen LogP contribution in [0.3, 0.4) is 0 Å². The van der Waals surface area contributed by atoms with E-state index in [0.717, 1.165) is 25.5 Å². The van der Waals surface area contributed by atoms with Gasteiger partial charge in [0, 0.05) is 35.4 Å². The first kappa shape index (κ1) is 23.3. The van der Waals surface area contributed by atoms with Crippen LogP contribution in [0.5, 0.6) is 0 Å². The summed E-state index contributed by atoms with van der Waals surface area (Å²) in [6, 6.07) is 3.22. The second kappa shape index (κ2) is 9.18. The van der Waals surface area contributed by atoms with Crippen molar-refractivity contribution in [2.45, 2.75) is 43.9 Å². The lowest BCUT2D eigenvalue weighted by atomic mass is 9.92. The number of benzene rings is 1. The number of amides is 1. The summed E-state index contributed by atoms with van der Waals surface area (Å²) in [5, 5.41) is 6.17. The highest BCUT2D eigenvalue weighted by Gasteiger charge is 2.36. The van der Waals surface area contributed by atoms with Gasteiger partial charge in [-0.25, -0.2) is 14.8 Å². The molecule has 33 heavy (non-hydrogen) atoms. The molecule has 0 saturated heterocycles. The third-order valence-electron chi connectivity index (χ3n) is 5.61. The standard InChI is InChI=1S/C21H22BrF3N6O2/c1-33-20(32)30-15-6-5-12-13(8-27-18(12)16(15)22)17-14(21(23,24)25)9-28-19(31-17)29-11-4-2-3-10(26)7-11/h5-6,8-11,27H,2-4,7,26H2,1H3,(H,30,32)(H,28,29,31)/t10-,11-/m1/s1. The van der Waals surface area contributed by atoms with E-state index in [1.54, 1.807) is 12.1 Å². The normalized spacial score (nSPS) is 18.8. The number of nitrogens with one attached hydrogen (secondary N) is 3. The van der Waals surface area contributed by atoms with E-state index in [9.17, 15) is 18.0 Å². The SMILES string of the molecule is COC(=O)Nc1ccc2c(-c3nc(N[C@@H]4CCC[C@@H](N)C4)ncc3C(F)(F)F)c[nH]c2c1Br. The number of carbonyl (C=O) groups excluding carboxylic acids is 1. The number of rotatable bonds is 4. The maximum absolute atomic E-state index is 13.8. The van der Waals surface area contributed by atoms with Gasteiger partial charge in [0.2, 0.25) is 5.95 Å². The minimum absolute atomic E-state index is 0.00223. The third kappa shape index (κ3) is 4.91. The largest absolute Gasteiger partial charge is 0.453 e. The zero-order valence-corrected chi connectivity index (χ0v) is 19.2. The summed E-state index contributed by atoms with van der Waals surface area (Å²) < 4.78 is 46.5. The zero-order valence-electron chi connectivity index (χ0n) is 17.6. The number of nitrogens with zero attached hydrogens (tertiary/aromatic N) is 2. The summed E-state index contributed by atoms with van der Waals surface area (Å²) in [4.78, 5) is 22.7. The molecule has 4 rings (SSSR count). The molecule has 1 aliphatic carbocycles. The van der Waals surface area contributed by atoms with Crippen molar-refractivity contribution in [2.24, 2.45) is 5.73 Å². The number of hydrogen-bond acceptors (Lipinski definition) is 6. The van der Waals surface area contributed by atoms with Crippen LogP contribution in [0, 0.1) is 0 Å². The van der Waals surface area contributed by atoms with Gasteiger partial charge in [-0.15, -0.1) is 0 Å². The molecule has 0 bridgehead atoms. The van der Waals surface area contributed by atoms with Crippen molar-refractivity contribution in [2.75, 3.05) is 17.7 Å². The van der Waals surface area contributed by atoms with Crippen molar-refractivity contribution in [3.05, 3.63) is 34.6 Å². The molecule has 3 aromatic rings. The number of methoxy groups -OCH3 is 1. The van der Waals surface area contributed by atoms with Gasteiger partial charge in [0.05, 0.1) is 28.5 Å². The number of fused-ring (bicyclic) bond motifs is 1. The van der Waals surface area contributed by atoms with Gasteiger partial charge in [0.15, 0.2) is 0 Å². The topological polar surface area (TPSA) is 118 Å². The smallest absolute Gasteiger partial charge is 0.419 e. The molecule has 8 nitrogen and oxygen atoms in total. The van der Waals surface area contributed by atoms with E-state index in [0.29, 0.717) is 27.5 Å². The minimum atomic E-state index is -4.64. The van der Waals surface area contributed by atoms with E-state index >= 15 is 0 Å². The Kier molecular flexibility index (Phi) is 6.48. The van der Waals surface area contributed by atoms with Crippen molar-refractivity contribution in [1.29, 1.82) is 0 Å². The van der Waals surface area contributed by atoms with Gasteiger partial charge in [-0.3, -0.25) is 5.32 Å². The quantitative estimate of drug-likeness (QED) is 0.368. The number of aromatic amines is 1. The maximum Gasteiger partial charge on any atom is 0.419 e. The van der Waals surface area contributed by atoms with Crippen LogP contribution in [0.15, 0.2) is 29.0 Å². The van der Waals surface area contributed by atoms with Crippen LogP contribution >= 0.6 is 15.9 Å². The lowest BCUT2D eigenvalue weighted by molar-refractivity contribution is -0.137. The number of H-pyrrole nitrogens is 1. The molecule has 1 saturated carbocycles.